The monoisotopic (exact) mass is 271 g/mol. The highest BCUT2D eigenvalue weighted by atomic mass is 32.2. The van der Waals surface area contributed by atoms with Crippen molar-refractivity contribution in [2.45, 2.75) is 36.7 Å². The Morgan fingerprint density at radius 1 is 1.50 bits per heavy atom. The quantitative estimate of drug-likeness (QED) is 0.837. The van der Waals surface area contributed by atoms with Crippen LogP contribution in [0.4, 0.5) is 10.1 Å². The molecule has 1 aliphatic heterocycles. The minimum absolute atomic E-state index is 0.269. The zero-order valence-corrected chi connectivity index (χ0v) is 11.0. The van der Waals surface area contributed by atoms with Crippen LogP contribution in [0.1, 0.15) is 25.7 Å². The fourth-order valence-corrected chi connectivity index (χ4v) is 3.34. The fraction of sp³-hybridized carbons (Fsp3) is 0.538. The average Bonchev–Trinajstić information content (AvgIpc) is 2.81. The van der Waals surface area contributed by atoms with E-state index in [-0.39, 0.29) is 5.69 Å². The molecule has 2 rings (SSSR count). The van der Waals surface area contributed by atoms with Crippen molar-refractivity contribution >= 4 is 16.5 Å². The third-order valence-electron chi connectivity index (χ3n) is 3.10. The van der Waals surface area contributed by atoms with Crippen LogP contribution in [-0.2, 0) is 15.5 Å². The number of benzene rings is 1. The summed E-state index contributed by atoms with van der Waals surface area (Å²) in [5.41, 5.74) is 5.93. The molecule has 100 valence electrons. The van der Waals surface area contributed by atoms with E-state index in [1.807, 2.05) is 0 Å². The van der Waals surface area contributed by atoms with Crippen molar-refractivity contribution in [1.29, 1.82) is 0 Å². The van der Waals surface area contributed by atoms with Gasteiger partial charge in [-0.2, -0.15) is 0 Å². The molecule has 0 bridgehead atoms. The van der Waals surface area contributed by atoms with Crippen molar-refractivity contribution in [2.24, 2.45) is 0 Å². The molecular formula is C13H18FNO2S. The van der Waals surface area contributed by atoms with Crippen molar-refractivity contribution in [2.75, 3.05) is 18.1 Å². The Balaban J connectivity index is 1.83. The van der Waals surface area contributed by atoms with Crippen LogP contribution in [0.2, 0.25) is 0 Å². The van der Waals surface area contributed by atoms with Crippen molar-refractivity contribution < 1.29 is 13.3 Å². The predicted molar refractivity (Wildman–Crippen MR) is 70.3 cm³/mol. The largest absolute Gasteiger partial charge is 0.398 e. The summed E-state index contributed by atoms with van der Waals surface area (Å²) >= 11 is 0. The SMILES string of the molecule is Nc1cc(F)ccc1S(=O)CCCC1CCCO1. The number of hydrogen-bond donors (Lipinski definition) is 1. The Kier molecular flexibility index (Phi) is 4.72. The maximum atomic E-state index is 12.9. The standard InChI is InChI=1S/C13H18FNO2S/c14-10-5-6-13(12(15)9-10)18(16)8-2-4-11-3-1-7-17-11/h5-6,9,11H,1-4,7-8,15H2. The average molecular weight is 271 g/mol. The van der Waals surface area contributed by atoms with E-state index >= 15 is 0 Å². The number of anilines is 1. The van der Waals surface area contributed by atoms with E-state index in [9.17, 15) is 8.60 Å². The molecule has 1 heterocycles. The lowest BCUT2D eigenvalue weighted by Crippen LogP contribution is -2.08. The molecule has 2 N–H and O–H groups in total. The van der Waals surface area contributed by atoms with Gasteiger partial charge in [-0.05, 0) is 43.9 Å². The third kappa shape index (κ3) is 3.53. The van der Waals surface area contributed by atoms with Gasteiger partial charge >= 0.3 is 0 Å². The molecule has 1 fully saturated rings. The zero-order chi connectivity index (χ0) is 13.0. The van der Waals surface area contributed by atoms with E-state index < -0.39 is 16.6 Å². The van der Waals surface area contributed by atoms with E-state index in [0.717, 1.165) is 32.3 Å². The first-order chi connectivity index (χ1) is 8.66. The second-order valence-electron chi connectivity index (χ2n) is 4.51. The first-order valence-corrected chi connectivity index (χ1v) is 7.53. The van der Waals surface area contributed by atoms with Crippen molar-refractivity contribution in [3.05, 3.63) is 24.0 Å². The molecule has 0 spiro atoms. The lowest BCUT2D eigenvalue weighted by molar-refractivity contribution is 0.104. The van der Waals surface area contributed by atoms with Gasteiger partial charge in [0, 0.05) is 12.4 Å². The number of ether oxygens (including phenoxy) is 1. The second kappa shape index (κ2) is 6.29. The summed E-state index contributed by atoms with van der Waals surface area (Å²) in [4.78, 5) is 0.531. The summed E-state index contributed by atoms with van der Waals surface area (Å²) < 4.78 is 30.4. The van der Waals surface area contributed by atoms with Gasteiger partial charge in [-0.15, -0.1) is 0 Å². The molecule has 3 nitrogen and oxygen atoms in total. The van der Waals surface area contributed by atoms with Gasteiger partial charge in [0.1, 0.15) is 5.82 Å². The third-order valence-corrected chi connectivity index (χ3v) is 4.62. The Morgan fingerprint density at radius 2 is 2.33 bits per heavy atom. The summed E-state index contributed by atoms with van der Waals surface area (Å²) in [5, 5.41) is 0. The predicted octanol–water partition coefficient (Wildman–Crippen LogP) is 2.47. The van der Waals surface area contributed by atoms with Gasteiger partial charge in [0.2, 0.25) is 0 Å². The van der Waals surface area contributed by atoms with Gasteiger partial charge in [0.25, 0.3) is 0 Å². The molecule has 2 unspecified atom stereocenters. The number of nitrogens with two attached hydrogens (primary N) is 1. The van der Waals surface area contributed by atoms with E-state index in [1.54, 1.807) is 0 Å². The Morgan fingerprint density at radius 3 is 3.00 bits per heavy atom. The van der Waals surface area contributed by atoms with Crippen molar-refractivity contribution in [1.82, 2.24) is 0 Å². The molecule has 1 aliphatic rings. The fourth-order valence-electron chi connectivity index (χ4n) is 2.15. The normalized spacial score (nSPS) is 21.1. The number of nitrogen functional groups attached to an aromatic ring is 1. The van der Waals surface area contributed by atoms with Gasteiger partial charge < -0.3 is 10.5 Å². The summed E-state index contributed by atoms with van der Waals surface area (Å²) in [6.07, 6.45) is 4.33. The molecule has 0 amide bonds. The molecule has 18 heavy (non-hydrogen) atoms. The van der Waals surface area contributed by atoms with Gasteiger partial charge in [0.15, 0.2) is 0 Å². The van der Waals surface area contributed by atoms with Crippen LogP contribution in [0.25, 0.3) is 0 Å². The van der Waals surface area contributed by atoms with E-state index in [0.29, 0.717) is 16.8 Å². The molecule has 0 radical (unpaired) electrons. The van der Waals surface area contributed by atoms with Crippen LogP contribution >= 0.6 is 0 Å². The van der Waals surface area contributed by atoms with Crippen LogP contribution in [0.5, 0.6) is 0 Å². The highest BCUT2D eigenvalue weighted by molar-refractivity contribution is 7.85. The molecule has 0 saturated carbocycles. The van der Waals surface area contributed by atoms with Gasteiger partial charge in [-0.3, -0.25) is 4.21 Å². The smallest absolute Gasteiger partial charge is 0.125 e. The topological polar surface area (TPSA) is 52.3 Å². The minimum atomic E-state index is -1.15. The first-order valence-electron chi connectivity index (χ1n) is 6.22. The lowest BCUT2D eigenvalue weighted by Gasteiger charge is -2.09. The summed E-state index contributed by atoms with van der Waals surface area (Å²) in [7, 11) is -1.15. The number of halogens is 1. The summed E-state index contributed by atoms with van der Waals surface area (Å²) in [6.45, 7) is 0.846. The highest BCUT2D eigenvalue weighted by Crippen LogP contribution is 2.20. The molecule has 1 aromatic rings. The Bertz CT molecular complexity index is 433. The van der Waals surface area contributed by atoms with E-state index in [2.05, 4.69) is 0 Å². The first kappa shape index (κ1) is 13.5. The molecule has 1 saturated heterocycles. The number of rotatable bonds is 5. The second-order valence-corrected chi connectivity index (χ2v) is 6.05. The maximum absolute atomic E-state index is 12.9. The van der Waals surface area contributed by atoms with Gasteiger partial charge in [-0.1, -0.05) is 0 Å². The molecule has 0 aliphatic carbocycles. The molecule has 0 aromatic heterocycles. The lowest BCUT2D eigenvalue weighted by atomic mass is 10.1. The van der Waals surface area contributed by atoms with Crippen LogP contribution < -0.4 is 5.73 Å². The van der Waals surface area contributed by atoms with Crippen LogP contribution in [0.15, 0.2) is 23.1 Å². The van der Waals surface area contributed by atoms with Gasteiger partial charge in [-0.25, -0.2) is 4.39 Å². The molecule has 5 heteroatoms. The summed E-state index contributed by atoms with van der Waals surface area (Å²) in [5.74, 6) is 0.156. The molecular weight excluding hydrogens is 253 g/mol. The van der Waals surface area contributed by atoms with Crippen molar-refractivity contribution in [3.8, 4) is 0 Å². The van der Waals surface area contributed by atoms with Gasteiger partial charge in [0.05, 0.1) is 27.5 Å². The van der Waals surface area contributed by atoms with Crippen LogP contribution in [-0.4, -0.2) is 22.7 Å². The molecule has 1 aromatic carbocycles. The van der Waals surface area contributed by atoms with E-state index in [4.69, 9.17) is 10.5 Å². The zero-order valence-electron chi connectivity index (χ0n) is 10.2. The number of hydrogen-bond acceptors (Lipinski definition) is 3. The van der Waals surface area contributed by atoms with Crippen molar-refractivity contribution in [3.63, 3.8) is 0 Å². The Labute approximate surface area is 109 Å². The highest BCUT2D eigenvalue weighted by Gasteiger charge is 2.16. The van der Waals surface area contributed by atoms with Crippen LogP contribution in [0.3, 0.4) is 0 Å². The Hall–Kier alpha value is -0.940. The maximum Gasteiger partial charge on any atom is 0.125 e. The van der Waals surface area contributed by atoms with Crippen LogP contribution in [0, 0.1) is 5.82 Å². The minimum Gasteiger partial charge on any atom is -0.398 e. The summed E-state index contributed by atoms with van der Waals surface area (Å²) in [6, 6.07) is 4.02. The molecule has 2 atom stereocenters. The van der Waals surface area contributed by atoms with E-state index in [1.165, 1.54) is 18.2 Å².